The van der Waals surface area contributed by atoms with Crippen LogP contribution in [0.1, 0.15) is 18.1 Å². The van der Waals surface area contributed by atoms with E-state index < -0.39 is 5.97 Å². The Morgan fingerprint density at radius 2 is 2.11 bits per heavy atom. The Bertz CT molecular complexity index is 476. The third-order valence-electron chi connectivity index (χ3n) is 3.49. The molecule has 18 heavy (non-hydrogen) atoms. The van der Waals surface area contributed by atoms with E-state index in [0.29, 0.717) is 12.1 Å². The van der Waals surface area contributed by atoms with Crippen LogP contribution in [-0.2, 0) is 11.3 Å². The Hall–Kier alpha value is -1.86. The Kier molecular flexibility index (Phi) is 3.63. The van der Waals surface area contributed by atoms with E-state index in [1.807, 2.05) is 19.1 Å². The number of benzene rings is 1. The summed E-state index contributed by atoms with van der Waals surface area (Å²) in [7, 11) is 0. The average Bonchev–Trinajstić information content (AvgIpc) is 2.71. The van der Waals surface area contributed by atoms with E-state index in [2.05, 4.69) is 11.0 Å². The van der Waals surface area contributed by atoms with Crippen molar-refractivity contribution in [3.63, 3.8) is 0 Å². The summed E-state index contributed by atoms with van der Waals surface area (Å²) in [5.41, 5.74) is 1.77. The molecule has 0 spiro atoms. The summed E-state index contributed by atoms with van der Waals surface area (Å²) in [4.78, 5) is 13.2. The monoisotopic (exact) mass is 244 g/mol. The quantitative estimate of drug-likeness (QED) is 0.879. The van der Waals surface area contributed by atoms with Crippen molar-refractivity contribution in [1.29, 1.82) is 5.26 Å². The number of hydrogen-bond acceptors (Lipinski definition) is 3. The zero-order chi connectivity index (χ0) is 13.1. The van der Waals surface area contributed by atoms with Gasteiger partial charge in [-0.05, 0) is 23.6 Å². The van der Waals surface area contributed by atoms with Crippen molar-refractivity contribution in [3.8, 4) is 6.07 Å². The van der Waals surface area contributed by atoms with Gasteiger partial charge < -0.3 is 5.11 Å². The first-order chi connectivity index (χ1) is 8.60. The Morgan fingerprint density at radius 3 is 2.61 bits per heavy atom. The number of aliphatic carboxylic acids is 1. The molecule has 94 valence electrons. The molecule has 4 nitrogen and oxygen atoms in total. The van der Waals surface area contributed by atoms with Gasteiger partial charge in [0.2, 0.25) is 0 Å². The van der Waals surface area contributed by atoms with Gasteiger partial charge in [-0.15, -0.1) is 0 Å². The van der Waals surface area contributed by atoms with Crippen LogP contribution in [0.5, 0.6) is 0 Å². The van der Waals surface area contributed by atoms with Crippen molar-refractivity contribution in [1.82, 2.24) is 4.90 Å². The molecule has 4 heteroatoms. The minimum absolute atomic E-state index is 0.195. The summed E-state index contributed by atoms with van der Waals surface area (Å²) in [6.07, 6.45) is 0. The normalized spacial score (nSPS) is 23.8. The van der Waals surface area contributed by atoms with Crippen LogP contribution in [0.15, 0.2) is 24.3 Å². The molecule has 0 bridgehead atoms. The molecule has 0 radical (unpaired) electrons. The zero-order valence-electron chi connectivity index (χ0n) is 10.3. The van der Waals surface area contributed by atoms with E-state index >= 15 is 0 Å². The lowest BCUT2D eigenvalue weighted by atomic mass is 9.99. The highest BCUT2D eigenvalue weighted by Crippen LogP contribution is 2.24. The number of nitrogens with zero attached hydrogens (tertiary/aromatic N) is 2. The predicted octanol–water partition coefficient (Wildman–Crippen LogP) is 1.71. The van der Waals surface area contributed by atoms with Gasteiger partial charge in [-0.25, -0.2) is 0 Å². The lowest BCUT2D eigenvalue weighted by molar-refractivity contribution is -0.142. The molecule has 0 amide bonds. The number of carboxylic acid groups (broad SMARTS) is 1. The average molecular weight is 244 g/mol. The fourth-order valence-corrected chi connectivity index (χ4v) is 2.46. The van der Waals surface area contributed by atoms with Gasteiger partial charge in [0, 0.05) is 19.6 Å². The van der Waals surface area contributed by atoms with Crippen LogP contribution in [0.2, 0.25) is 0 Å². The molecule has 1 saturated heterocycles. The maximum atomic E-state index is 11.0. The first-order valence-electron chi connectivity index (χ1n) is 6.04. The lowest BCUT2D eigenvalue weighted by Gasteiger charge is -2.15. The predicted molar refractivity (Wildman–Crippen MR) is 66.7 cm³/mol. The van der Waals surface area contributed by atoms with Crippen molar-refractivity contribution >= 4 is 5.97 Å². The molecule has 1 aromatic carbocycles. The van der Waals surface area contributed by atoms with E-state index in [4.69, 9.17) is 10.4 Å². The molecule has 0 aliphatic carbocycles. The van der Waals surface area contributed by atoms with Crippen molar-refractivity contribution in [2.24, 2.45) is 11.8 Å². The summed E-state index contributed by atoms with van der Waals surface area (Å²) < 4.78 is 0. The Morgan fingerprint density at radius 1 is 1.44 bits per heavy atom. The Labute approximate surface area is 106 Å². The number of nitriles is 1. The largest absolute Gasteiger partial charge is 0.481 e. The molecular weight excluding hydrogens is 228 g/mol. The molecule has 2 rings (SSSR count). The van der Waals surface area contributed by atoms with Crippen LogP contribution in [0.3, 0.4) is 0 Å². The third kappa shape index (κ3) is 2.69. The number of hydrogen-bond donors (Lipinski definition) is 1. The third-order valence-corrected chi connectivity index (χ3v) is 3.49. The molecule has 2 atom stereocenters. The van der Waals surface area contributed by atoms with Crippen molar-refractivity contribution in [2.75, 3.05) is 13.1 Å². The molecular formula is C14H16N2O2. The fourth-order valence-electron chi connectivity index (χ4n) is 2.46. The van der Waals surface area contributed by atoms with Crippen LogP contribution < -0.4 is 0 Å². The molecule has 1 fully saturated rings. The molecule has 1 aliphatic rings. The minimum Gasteiger partial charge on any atom is -0.481 e. The van der Waals surface area contributed by atoms with E-state index in [1.165, 1.54) is 0 Å². The summed E-state index contributed by atoms with van der Waals surface area (Å²) in [6, 6.07) is 9.53. The first-order valence-corrected chi connectivity index (χ1v) is 6.04. The Balaban J connectivity index is 1.98. The van der Waals surface area contributed by atoms with Crippen LogP contribution in [0.25, 0.3) is 0 Å². The van der Waals surface area contributed by atoms with Gasteiger partial charge in [-0.2, -0.15) is 5.26 Å². The zero-order valence-corrected chi connectivity index (χ0v) is 10.3. The van der Waals surface area contributed by atoms with E-state index in [1.54, 1.807) is 12.1 Å². The number of rotatable bonds is 3. The highest BCUT2D eigenvalue weighted by molar-refractivity contribution is 5.71. The molecule has 0 saturated carbocycles. The maximum absolute atomic E-state index is 11.0. The van der Waals surface area contributed by atoms with Crippen LogP contribution in [-0.4, -0.2) is 29.1 Å². The molecule has 1 aliphatic heterocycles. The number of carboxylic acids is 1. The van der Waals surface area contributed by atoms with Crippen LogP contribution in [0.4, 0.5) is 0 Å². The number of carbonyl (C=O) groups is 1. The van der Waals surface area contributed by atoms with Gasteiger partial charge in [-0.1, -0.05) is 19.1 Å². The van der Waals surface area contributed by atoms with E-state index in [0.717, 1.165) is 18.7 Å². The van der Waals surface area contributed by atoms with Gasteiger partial charge in [0.1, 0.15) is 0 Å². The molecule has 2 unspecified atom stereocenters. The topological polar surface area (TPSA) is 64.3 Å². The van der Waals surface area contributed by atoms with Crippen LogP contribution >= 0.6 is 0 Å². The second kappa shape index (κ2) is 5.19. The second-order valence-corrected chi connectivity index (χ2v) is 4.92. The molecule has 1 heterocycles. The van der Waals surface area contributed by atoms with Crippen LogP contribution in [0, 0.1) is 23.2 Å². The smallest absolute Gasteiger partial charge is 0.308 e. The van der Waals surface area contributed by atoms with Gasteiger partial charge in [0.15, 0.2) is 0 Å². The van der Waals surface area contributed by atoms with E-state index in [-0.39, 0.29) is 11.8 Å². The fraction of sp³-hybridized carbons (Fsp3) is 0.429. The van der Waals surface area contributed by atoms with Gasteiger partial charge in [0.25, 0.3) is 0 Å². The van der Waals surface area contributed by atoms with Gasteiger partial charge >= 0.3 is 5.97 Å². The lowest BCUT2D eigenvalue weighted by Crippen LogP contribution is -2.23. The summed E-state index contributed by atoms with van der Waals surface area (Å²) in [5.74, 6) is -0.769. The number of likely N-dealkylation sites (tertiary alicyclic amines) is 1. The summed E-state index contributed by atoms with van der Waals surface area (Å²) >= 11 is 0. The summed E-state index contributed by atoms with van der Waals surface area (Å²) in [6.45, 7) is 4.16. The second-order valence-electron chi connectivity index (χ2n) is 4.92. The SMILES string of the molecule is CC1CN(Cc2ccc(C#N)cc2)CC1C(=O)O. The molecule has 0 aromatic heterocycles. The highest BCUT2D eigenvalue weighted by Gasteiger charge is 2.34. The van der Waals surface area contributed by atoms with Crippen molar-refractivity contribution < 1.29 is 9.90 Å². The molecule has 1 aromatic rings. The summed E-state index contributed by atoms with van der Waals surface area (Å²) in [5, 5.41) is 17.8. The molecule has 1 N–H and O–H groups in total. The maximum Gasteiger partial charge on any atom is 0.308 e. The van der Waals surface area contributed by atoms with Gasteiger partial charge in [-0.3, -0.25) is 9.69 Å². The first kappa shape index (κ1) is 12.6. The van der Waals surface area contributed by atoms with Gasteiger partial charge in [0.05, 0.1) is 17.6 Å². The van der Waals surface area contributed by atoms with Crippen molar-refractivity contribution in [2.45, 2.75) is 13.5 Å². The minimum atomic E-state index is -0.704. The van der Waals surface area contributed by atoms with E-state index in [9.17, 15) is 4.79 Å². The standard InChI is InChI=1S/C14H16N2O2/c1-10-7-16(9-13(10)14(17)18)8-12-4-2-11(6-15)3-5-12/h2-5,10,13H,7-9H2,1H3,(H,17,18). The highest BCUT2D eigenvalue weighted by atomic mass is 16.4. The van der Waals surface area contributed by atoms with Crippen molar-refractivity contribution in [3.05, 3.63) is 35.4 Å².